The molecule has 0 aliphatic heterocycles. The Hall–Kier alpha value is -1.23. The minimum absolute atomic E-state index is 0.405. The van der Waals surface area contributed by atoms with Crippen molar-refractivity contribution < 1.29 is 19.0 Å². The molecular weight excluding hydrogens is 300 g/mol. The Bertz CT molecular complexity index is 455. The van der Waals surface area contributed by atoms with Gasteiger partial charge >= 0.3 is 5.97 Å². The van der Waals surface area contributed by atoms with Gasteiger partial charge in [-0.2, -0.15) is 0 Å². The molecule has 0 heterocycles. The van der Waals surface area contributed by atoms with Crippen LogP contribution in [0.2, 0.25) is 0 Å². The van der Waals surface area contributed by atoms with Crippen molar-refractivity contribution in [1.29, 1.82) is 0 Å². The van der Waals surface area contributed by atoms with E-state index in [0.29, 0.717) is 29.6 Å². The average Bonchev–Trinajstić information content (AvgIpc) is 3.20. The van der Waals surface area contributed by atoms with Crippen molar-refractivity contribution in [3.05, 3.63) is 22.2 Å². The van der Waals surface area contributed by atoms with Gasteiger partial charge in [0.15, 0.2) is 0 Å². The number of benzene rings is 1. The molecule has 0 saturated heterocycles. The highest BCUT2D eigenvalue weighted by atomic mass is 79.9. The van der Waals surface area contributed by atoms with Crippen molar-refractivity contribution >= 4 is 21.9 Å². The average molecular weight is 315 g/mol. The van der Waals surface area contributed by atoms with E-state index >= 15 is 0 Å². The fourth-order valence-electron chi connectivity index (χ4n) is 1.55. The lowest BCUT2D eigenvalue weighted by atomic mass is 10.2. The molecule has 5 heteroatoms. The SMILES string of the molecule is COC(=O)c1cc(OC)c(Br)c(OCC2CC2)c1. The van der Waals surface area contributed by atoms with Gasteiger partial charge in [0.05, 0.1) is 26.4 Å². The first-order valence-electron chi connectivity index (χ1n) is 5.74. The first kappa shape index (κ1) is 13.2. The number of methoxy groups -OCH3 is 2. The molecule has 0 atom stereocenters. The molecule has 1 saturated carbocycles. The van der Waals surface area contributed by atoms with Crippen molar-refractivity contribution in [2.24, 2.45) is 5.92 Å². The first-order chi connectivity index (χ1) is 8.65. The van der Waals surface area contributed by atoms with E-state index in [1.54, 1.807) is 19.2 Å². The Labute approximate surface area is 114 Å². The summed E-state index contributed by atoms with van der Waals surface area (Å²) < 4.78 is 16.3. The predicted molar refractivity (Wildman–Crippen MR) is 70.3 cm³/mol. The summed E-state index contributed by atoms with van der Waals surface area (Å²) in [6, 6.07) is 3.29. The standard InChI is InChI=1S/C13H15BrO4/c1-16-10-5-9(13(15)17-2)6-11(12(10)14)18-7-8-3-4-8/h5-6,8H,3-4,7H2,1-2H3. The molecule has 1 aromatic rings. The molecule has 4 nitrogen and oxygen atoms in total. The van der Waals surface area contributed by atoms with Gasteiger partial charge in [0.1, 0.15) is 16.0 Å². The molecule has 0 bridgehead atoms. The third kappa shape index (κ3) is 2.96. The second kappa shape index (κ2) is 5.61. The predicted octanol–water partition coefficient (Wildman–Crippen LogP) is 3.03. The number of carbonyl (C=O) groups excluding carboxylic acids is 1. The largest absolute Gasteiger partial charge is 0.495 e. The van der Waals surface area contributed by atoms with Gasteiger partial charge in [-0.05, 0) is 46.8 Å². The van der Waals surface area contributed by atoms with Crippen LogP contribution in [-0.4, -0.2) is 26.8 Å². The van der Waals surface area contributed by atoms with Crippen LogP contribution in [0.3, 0.4) is 0 Å². The van der Waals surface area contributed by atoms with Crippen LogP contribution in [0.4, 0.5) is 0 Å². The van der Waals surface area contributed by atoms with Crippen molar-refractivity contribution in [1.82, 2.24) is 0 Å². The quantitative estimate of drug-likeness (QED) is 0.784. The lowest BCUT2D eigenvalue weighted by Crippen LogP contribution is -2.05. The summed E-state index contributed by atoms with van der Waals surface area (Å²) in [5.74, 6) is 1.41. The van der Waals surface area contributed by atoms with E-state index in [2.05, 4.69) is 15.9 Å². The smallest absolute Gasteiger partial charge is 0.338 e. The Kier molecular flexibility index (Phi) is 4.11. The molecule has 98 valence electrons. The van der Waals surface area contributed by atoms with Gasteiger partial charge in [-0.25, -0.2) is 4.79 Å². The lowest BCUT2D eigenvalue weighted by Gasteiger charge is -2.12. The summed E-state index contributed by atoms with van der Waals surface area (Å²) in [6.45, 7) is 0.673. The monoisotopic (exact) mass is 314 g/mol. The Morgan fingerprint density at radius 1 is 1.33 bits per heavy atom. The number of rotatable bonds is 5. The molecule has 18 heavy (non-hydrogen) atoms. The van der Waals surface area contributed by atoms with Crippen molar-refractivity contribution in [3.63, 3.8) is 0 Å². The lowest BCUT2D eigenvalue weighted by molar-refractivity contribution is 0.0599. The minimum atomic E-state index is -0.405. The number of halogens is 1. The number of ether oxygens (including phenoxy) is 3. The molecule has 0 aromatic heterocycles. The maximum absolute atomic E-state index is 11.5. The van der Waals surface area contributed by atoms with E-state index < -0.39 is 5.97 Å². The fourth-order valence-corrected chi connectivity index (χ4v) is 2.06. The van der Waals surface area contributed by atoms with Crippen LogP contribution in [0.15, 0.2) is 16.6 Å². The minimum Gasteiger partial charge on any atom is -0.495 e. The van der Waals surface area contributed by atoms with Gasteiger partial charge in [-0.1, -0.05) is 0 Å². The molecule has 1 aliphatic rings. The van der Waals surface area contributed by atoms with E-state index in [1.165, 1.54) is 20.0 Å². The van der Waals surface area contributed by atoms with Gasteiger partial charge in [0, 0.05) is 0 Å². The summed E-state index contributed by atoms with van der Waals surface area (Å²) >= 11 is 3.42. The van der Waals surface area contributed by atoms with E-state index in [-0.39, 0.29) is 0 Å². The topological polar surface area (TPSA) is 44.8 Å². The zero-order valence-electron chi connectivity index (χ0n) is 10.4. The van der Waals surface area contributed by atoms with Crippen LogP contribution in [-0.2, 0) is 4.74 Å². The summed E-state index contributed by atoms with van der Waals surface area (Å²) in [5.41, 5.74) is 0.420. The Morgan fingerprint density at radius 3 is 2.56 bits per heavy atom. The van der Waals surface area contributed by atoms with Gasteiger partial charge in [-0.15, -0.1) is 0 Å². The van der Waals surface area contributed by atoms with Gasteiger partial charge in [0.25, 0.3) is 0 Å². The highest BCUT2D eigenvalue weighted by Crippen LogP contribution is 2.37. The third-order valence-corrected chi connectivity index (χ3v) is 3.60. The summed E-state index contributed by atoms with van der Waals surface area (Å²) in [4.78, 5) is 11.5. The number of hydrogen-bond acceptors (Lipinski definition) is 4. The number of carbonyl (C=O) groups is 1. The Morgan fingerprint density at radius 2 is 2.00 bits per heavy atom. The second-order valence-corrected chi connectivity index (χ2v) is 5.03. The summed E-state index contributed by atoms with van der Waals surface area (Å²) in [6.07, 6.45) is 2.43. The number of hydrogen-bond donors (Lipinski definition) is 0. The van der Waals surface area contributed by atoms with Crippen molar-refractivity contribution in [2.45, 2.75) is 12.8 Å². The van der Waals surface area contributed by atoms with Gasteiger partial charge in [-0.3, -0.25) is 0 Å². The first-order valence-corrected chi connectivity index (χ1v) is 6.53. The van der Waals surface area contributed by atoms with Crippen LogP contribution in [0.5, 0.6) is 11.5 Å². The normalized spacial score (nSPS) is 14.2. The maximum Gasteiger partial charge on any atom is 0.338 e. The number of esters is 1. The van der Waals surface area contributed by atoms with E-state index in [4.69, 9.17) is 14.2 Å². The summed E-state index contributed by atoms with van der Waals surface area (Å²) in [5, 5.41) is 0. The van der Waals surface area contributed by atoms with Crippen LogP contribution in [0.1, 0.15) is 23.2 Å². The molecule has 0 amide bonds. The zero-order valence-corrected chi connectivity index (χ0v) is 12.0. The highest BCUT2D eigenvalue weighted by Gasteiger charge is 2.23. The summed E-state index contributed by atoms with van der Waals surface area (Å²) in [7, 11) is 2.90. The van der Waals surface area contributed by atoms with Crippen LogP contribution in [0, 0.1) is 5.92 Å². The van der Waals surface area contributed by atoms with E-state index in [1.807, 2.05) is 0 Å². The molecular formula is C13H15BrO4. The zero-order chi connectivity index (χ0) is 13.1. The molecule has 1 aliphatic carbocycles. The molecule has 0 spiro atoms. The molecule has 0 radical (unpaired) electrons. The van der Waals surface area contributed by atoms with E-state index in [0.717, 1.165) is 4.47 Å². The molecule has 1 fully saturated rings. The van der Waals surface area contributed by atoms with Gasteiger partial charge in [0.2, 0.25) is 0 Å². The molecule has 0 unspecified atom stereocenters. The van der Waals surface area contributed by atoms with Crippen LogP contribution in [0.25, 0.3) is 0 Å². The molecule has 1 aromatic carbocycles. The Balaban J connectivity index is 2.26. The second-order valence-electron chi connectivity index (χ2n) is 4.24. The molecule has 0 N–H and O–H groups in total. The van der Waals surface area contributed by atoms with Gasteiger partial charge < -0.3 is 14.2 Å². The van der Waals surface area contributed by atoms with Crippen molar-refractivity contribution in [3.8, 4) is 11.5 Å². The fraction of sp³-hybridized carbons (Fsp3) is 0.462. The third-order valence-electron chi connectivity index (χ3n) is 2.82. The van der Waals surface area contributed by atoms with Crippen molar-refractivity contribution in [2.75, 3.05) is 20.8 Å². The maximum atomic E-state index is 11.5. The van der Waals surface area contributed by atoms with Crippen LogP contribution >= 0.6 is 15.9 Å². The van der Waals surface area contributed by atoms with E-state index in [9.17, 15) is 4.79 Å². The molecule has 2 rings (SSSR count). The highest BCUT2D eigenvalue weighted by molar-refractivity contribution is 9.10. The van der Waals surface area contributed by atoms with Crippen LogP contribution < -0.4 is 9.47 Å².